The van der Waals surface area contributed by atoms with Crippen molar-refractivity contribution in [2.24, 2.45) is 0 Å². The Balaban J connectivity index is 0.000000983. The quantitative estimate of drug-likeness (QED) is 0.298. The van der Waals surface area contributed by atoms with Gasteiger partial charge in [-0.3, -0.25) is 4.72 Å². The number of nitrogens with zero attached hydrogens (tertiary/aromatic N) is 3. The van der Waals surface area contributed by atoms with Gasteiger partial charge in [0.1, 0.15) is 28.7 Å². The highest BCUT2D eigenvalue weighted by atomic mass is 35.5. The molecule has 0 aliphatic heterocycles. The summed E-state index contributed by atoms with van der Waals surface area (Å²) >= 11 is 6.40. The lowest BCUT2D eigenvalue weighted by Gasteiger charge is -2.41. The molecule has 10 nitrogen and oxygen atoms in total. The molecule has 2 aromatic carbocycles. The highest BCUT2D eigenvalue weighted by Gasteiger charge is 2.33. The Kier molecular flexibility index (Phi) is 10.0. The Morgan fingerprint density at radius 1 is 1.13 bits per heavy atom. The number of benzene rings is 2. The van der Waals surface area contributed by atoms with E-state index in [9.17, 15) is 17.2 Å². The van der Waals surface area contributed by atoms with E-state index in [4.69, 9.17) is 26.6 Å². The Labute approximate surface area is 229 Å². The van der Waals surface area contributed by atoms with Crippen molar-refractivity contribution in [2.75, 3.05) is 24.1 Å². The minimum atomic E-state index is -4.25. The van der Waals surface area contributed by atoms with Crippen LogP contribution < -0.4 is 10.0 Å². The number of likely N-dealkylation sites (N-methyl/N-ethyl adjacent to an activating group) is 1. The maximum absolute atomic E-state index is 15.0. The Morgan fingerprint density at radius 2 is 1.85 bits per heavy atom. The molecular formula is C25H28ClF2N5O5S. The fourth-order valence-electron chi connectivity index (χ4n) is 4.54. The number of anilines is 2. The fraction of sp³-hybridized carbons (Fsp3) is 0.320. The van der Waals surface area contributed by atoms with Gasteiger partial charge in [0, 0.05) is 18.3 Å². The fourth-order valence-corrected chi connectivity index (χ4v) is 5.92. The van der Waals surface area contributed by atoms with Gasteiger partial charge in [-0.05, 0) is 75.2 Å². The van der Waals surface area contributed by atoms with Gasteiger partial charge in [0.15, 0.2) is 0 Å². The smallest absolute Gasteiger partial charge is 0.450 e. The Bertz CT molecular complexity index is 1390. The standard InChI is InChI=1S/C24H26ClF2N5O2S.CH2O3/c1-32(2)22-11-16(15-4-3-5-17(26)10-15)6-7-20(22)30-21-13-19(27)23(12-18(21)25)35(33,34)31-24-8-9-28-14-29-24;2-1(3)4/h3-5,8-10,12-14,16,20,22,30H,6-7,11H2,1-2H3,(H,28,29,31);(H2,2,3,4)/t16-,20-,22-;/m0./s1. The van der Waals surface area contributed by atoms with E-state index in [0.717, 1.165) is 37.0 Å². The molecule has 1 aromatic heterocycles. The number of nitrogens with one attached hydrogen (secondary N) is 2. The first-order valence-corrected chi connectivity index (χ1v) is 13.6. The average Bonchev–Trinajstić information content (AvgIpc) is 2.86. The molecule has 0 saturated heterocycles. The predicted molar refractivity (Wildman–Crippen MR) is 143 cm³/mol. The van der Waals surface area contributed by atoms with Crippen molar-refractivity contribution < 1.29 is 32.2 Å². The molecule has 1 aliphatic rings. The van der Waals surface area contributed by atoms with Crippen LogP contribution in [0.2, 0.25) is 5.02 Å². The van der Waals surface area contributed by atoms with Crippen LogP contribution in [0.5, 0.6) is 0 Å². The third-order valence-electron chi connectivity index (χ3n) is 6.27. The number of hydrogen-bond acceptors (Lipinski definition) is 7. The Morgan fingerprint density at radius 3 is 2.46 bits per heavy atom. The molecular weight excluding hydrogens is 556 g/mol. The number of rotatable bonds is 7. The number of halogens is 3. The molecule has 3 aromatic rings. The van der Waals surface area contributed by atoms with E-state index >= 15 is 0 Å². The van der Waals surface area contributed by atoms with Gasteiger partial charge in [-0.1, -0.05) is 23.7 Å². The van der Waals surface area contributed by atoms with Crippen LogP contribution in [0.4, 0.5) is 25.1 Å². The summed E-state index contributed by atoms with van der Waals surface area (Å²) in [4.78, 5) is 17.6. The lowest BCUT2D eigenvalue weighted by Crippen LogP contribution is -2.47. The minimum Gasteiger partial charge on any atom is -0.450 e. The topological polar surface area (TPSA) is 145 Å². The van der Waals surface area contributed by atoms with Gasteiger partial charge < -0.3 is 20.4 Å². The molecule has 1 fully saturated rings. The summed E-state index contributed by atoms with van der Waals surface area (Å²) in [5, 5.41) is 17.3. The van der Waals surface area contributed by atoms with Gasteiger partial charge in [0.05, 0.1) is 10.7 Å². The van der Waals surface area contributed by atoms with Crippen molar-refractivity contribution in [1.82, 2.24) is 14.9 Å². The SMILES string of the molecule is CN(C)[C@H]1C[C@@H](c2cccc(F)c2)CC[C@@H]1Nc1cc(F)c(S(=O)(=O)Nc2ccncn2)cc1Cl.O=C(O)O. The molecule has 0 radical (unpaired) electrons. The summed E-state index contributed by atoms with van der Waals surface area (Å²) in [6, 6.07) is 10.2. The third-order valence-corrected chi connectivity index (χ3v) is 7.96. The minimum absolute atomic E-state index is 0.0154. The molecule has 210 valence electrons. The van der Waals surface area contributed by atoms with E-state index in [1.54, 1.807) is 12.1 Å². The second kappa shape index (κ2) is 13.0. The van der Waals surface area contributed by atoms with Crippen molar-refractivity contribution in [3.8, 4) is 0 Å². The Hall–Kier alpha value is -3.55. The third kappa shape index (κ3) is 8.22. The predicted octanol–water partition coefficient (Wildman–Crippen LogP) is 5.11. The van der Waals surface area contributed by atoms with Crippen molar-refractivity contribution in [3.05, 3.63) is 77.2 Å². The molecule has 0 amide bonds. The number of carboxylic acid groups (broad SMARTS) is 2. The number of aromatic nitrogens is 2. The van der Waals surface area contributed by atoms with E-state index in [-0.39, 0.29) is 34.7 Å². The summed E-state index contributed by atoms with van der Waals surface area (Å²) in [5.74, 6) is -0.977. The van der Waals surface area contributed by atoms with Gasteiger partial charge in [-0.15, -0.1) is 0 Å². The highest BCUT2D eigenvalue weighted by Crippen LogP contribution is 2.38. The van der Waals surface area contributed by atoms with Crippen LogP contribution >= 0.6 is 11.6 Å². The second-order valence-electron chi connectivity index (χ2n) is 9.09. The van der Waals surface area contributed by atoms with Crippen LogP contribution in [0.1, 0.15) is 30.7 Å². The van der Waals surface area contributed by atoms with Crippen LogP contribution in [0.3, 0.4) is 0 Å². The van der Waals surface area contributed by atoms with Crippen LogP contribution in [0.25, 0.3) is 0 Å². The van der Waals surface area contributed by atoms with Crippen LogP contribution in [-0.2, 0) is 10.0 Å². The molecule has 0 bridgehead atoms. The van der Waals surface area contributed by atoms with Crippen molar-refractivity contribution in [1.29, 1.82) is 0 Å². The van der Waals surface area contributed by atoms with Gasteiger partial charge in [0.2, 0.25) is 0 Å². The van der Waals surface area contributed by atoms with E-state index in [1.165, 1.54) is 24.7 Å². The van der Waals surface area contributed by atoms with Crippen molar-refractivity contribution in [3.63, 3.8) is 0 Å². The normalized spacial score (nSPS) is 19.1. The van der Waals surface area contributed by atoms with E-state index in [0.29, 0.717) is 5.69 Å². The molecule has 1 aliphatic carbocycles. The van der Waals surface area contributed by atoms with Gasteiger partial charge in [-0.25, -0.2) is 32.0 Å². The molecule has 0 spiro atoms. The monoisotopic (exact) mass is 583 g/mol. The highest BCUT2D eigenvalue weighted by molar-refractivity contribution is 7.92. The summed E-state index contributed by atoms with van der Waals surface area (Å²) in [5.41, 5.74) is 1.27. The second-order valence-corrected chi connectivity index (χ2v) is 11.1. The van der Waals surface area contributed by atoms with Gasteiger partial charge >= 0.3 is 6.16 Å². The van der Waals surface area contributed by atoms with E-state index < -0.39 is 26.9 Å². The lowest BCUT2D eigenvalue weighted by molar-refractivity contribution is 0.137. The average molecular weight is 584 g/mol. The lowest BCUT2D eigenvalue weighted by atomic mass is 9.78. The van der Waals surface area contributed by atoms with E-state index in [1.807, 2.05) is 20.2 Å². The molecule has 4 rings (SSSR count). The van der Waals surface area contributed by atoms with E-state index in [2.05, 4.69) is 24.9 Å². The zero-order valence-electron chi connectivity index (χ0n) is 21.1. The molecule has 1 heterocycles. The largest absolute Gasteiger partial charge is 0.503 e. The first-order chi connectivity index (χ1) is 18.4. The first kappa shape index (κ1) is 30.0. The molecule has 4 N–H and O–H groups in total. The molecule has 39 heavy (non-hydrogen) atoms. The zero-order chi connectivity index (χ0) is 28.7. The van der Waals surface area contributed by atoms with Crippen LogP contribution in [0.15, 0.2) is 59.9 Å². The summed E-state index contributed by atoms with van der Waals surface area (Å²) in [6.07, 6.45) is 3.06. The summed E-state index contributed by atoms with van der Waals surface area (Å²) in [7, 11) is -0.324. The molecule has 14 heteroatoms. The zero-order valence-corrected chi connectivity index (χ0v) is 22.6. The molecule has 1 saturated carbocycles. The maximum Gasteiger partial charge on any atom is 0.503 e. The molecule has 3 atom stereocenters. The van der Waals surface area contributed by atoms with Crippen molar-refractivity contribution >= 4 is 39.3 Å². The van der Waals surface area contributed by atoms with Crippen molar-refractivity contribution in [2.45, 2.75) is 42.2 Å². The molecule has 0 unspecified atom stereocenters. The first-order valence-electron chi connectivity index (χ1n) is 11.8. The number of hydrogen-bond donors (Lipinski definition) is 4. The van der Waals surface area contributed by atoms with Crippen LogP contribution in [-0.4, -0.2) is 65.8 Å². The van der Waals surface area contributed by atoms with Gasteiger partial charge in [0.25, 0.3) is 10.0 Å². The van der Waals surface area contributed by atoms with Crippen LogP contribution in [0, 0.1) is 11.6 Å². The van der Waals surface area contributed by atoms with Gasteiger partial charge in [-0.2, -0.15) is 0 Å². The number of sulfonamides is 1. The maximum atomic E-state index is 15.0. The summed E-state index contributed by atoms with van der Waals surface area (Å²) in [6.45, 7) is 0. The summed E-state index contributed by atoms with van der Waals surface area (Å²) < 4.78 is 56.3. The number of carbonyl (C=O) groups is 1.